The summed E-state index contributed by atoms with van der Waals surface area (Å²) < 4.78 is 152. The lowest BCUT2D eigenvalue weighted by molar-refractivity contribution is -0.126. The summed E-state index contributed by atoms with van der Waals surface area (Å²) in [6.07, 6.45) is 4.68. The van der Waals surface area contributed by atoms with Crippen molar-refractivity contribution in [1.82, 2.24) is 29.7 Å². The number of carbonyl (C=O) groups excluding carboxylic acids is 5. The van der Waals surface area contributed by atoms with E-state index in [4.69, 9.17) is 54.0 Å². The minimum absolute atomic E-state index is 0.0387. The van der Waals surface area contributed by atoms with Gasteiger partial charge in [-0.25, -0.2) is 23.3 Å². The van der Waals surface area contributed by atoms with Gasteiger partial charge in [-0.15, -0.1) is 0 Å². The third-order valence-corrected chi connectivity index (χ3v) is 27.5. The van der Waals surface area contributed by atoms with Crippen LogP contribution in [0.3, 0.4) is 0 Å². The van der Waals surface area contributed by atoms with Crippen LogP contribution in [0.5, 0.6) is 17.2 Å². The molecule has 0 aliphatic carbocycles. The maximum Gasteiger partial charge on any atom is 0.490 e. The molecule has 10 N–H and O–H groups in total. The Balaban J connectivity index is 0.598. The predicted molar refractivity (Wildman–Crippen MR) is 452 cm³/mol. The van der Waals surface area contributed by atoms with Gasteiger partial charge >= 0.3 is 23.5 Å². The van der Waals surface area contributed by atoms with Crippen molar-refractivity contribution in [2.45, 2.75) is 115 Å². The van der Waals surface area contributed by atoms with Crippen LogP contribution in [0.4, 0.5) is 11.4 Å². The molecule has 6 atom stereocenters. The number of pyridine rings is 1. The van der Waals surface area contributed by atoms with Gasteiger partial charge in [0.15, 0.2) is 6.23 Å². The van der Waals surface area contributed by atoms with E-state index in [2.05, 4.69) is 77.7 Å². The van der Waals surface area contributed by atoms with E-state index >= 15 is 0 Å². The Hall–Kier alpha value is -8.86. The molecule has 1 saturated heterocycles. The average Bonchev–Trinajstić information content (AvgIpc) is 1.50. The second-order valence-corrected chi connectivity index (χ2v) is 38.8. The number of anilines is 2. The fourth-order valence-electron chi connectivity index (χ4n) is 14.1. The molecule has 2 aromatic heterocycles. The molecule has 1 fully saturated rings. The molecule has 4 aliphatic rings. The van der Waals surface area contributed by atoms with Crippen LogP contribution in [0.15, 0.2) is 101 Å². The minimum Gasteiger partial charge on any atom is -0.491 e. The summed E-state index contributed by atoms with van der Waals surface area (Å²) in [5.41, 5.74) is 31.0. The van der Waals surface area contributed by atoms with Crippen LogP contribution in [0, 0.1) is 11.8 Å². The molecule has 4 aliphatic heterocycles. The number of fused-ring (bicyclic) bond motifs is 5. The van der Waals surface area contributed by atoms with Gasteiger partial charge in [-0.05, 0) is 110 Å². The zero-order chi connectivity index (χ0) is 88.5. The highest BCUT2D eigenvalue weighted by atomic mass is 33.1. The van der Waals surface area contributed by atoms with Crippen molar-refractivity contribution < 1.29 is 125 Å². The molecular formula is C75H94N14O27P3S4+. The zero-order valence-electron chi connectivity index (χ0n) is 66.6. The van der Waals surface area contributed by atoms with Gasteiger partial charge in [0.25, 0.3) is 32.1 Å². The van der Waals surface area contributed by atoms with E-state index < -0.39 is 100 Å². The van der Waals surface area contributed by atoms with Crippen LogP contribution < -0.4 is 45.9 Å². The smallest absolute Gasteiger partial charge is 0.490 e. The van der Waals surface area contributed by atoms with Crippen molar-refractivity contribution in [2.24, 2.45) is 10.2 Å². The van der Waals surface area contributed by atoms with Gasteiger partial charge in [-0.3, -0.25) is 37.6 Å². The number of phosphoric ester groups is 1. The first-order chi connectivity index (χ1) is 58.6. The number of amides is 3. The van der Waals surface area contributed by atoms with Gasteiger partial charge in [-0.2, -0.15) is 25.5 Å². The fourth-order valence-corrected chi connectivity index (χ4v) is 20.3. The number of ether oxygens (including phenoxy) is 6. The largest absolute Gasteiger partial charge is 0.491 e. The lowest BCUT2D eigenvalue weighted by atomic mass is 9.86. The van der Waals surface area contributed by atoms with Crippen LogP contribution >= 0.6 is 45.1 Å². The molecule has 664 valence electrons. The number of hydrogen-bond donors (Lipinski definition) is 9. The van der Waals surface area contributed by atoms with E-state index in [-0.39, 0.29) is 117 Å². The SMILES string of the molecule is CN(CCCC(=O)CCCSSCCC(=O)CCCNC(=O)c1cccc(OCC(N=[N+]=[N-])OCCOCC(=O)NCC#Cc2cn([C@H]3C[C@@H](OCN=[N+]=[N-])[C@@H](COP(=O)(O)OP(=O)(O)OP(=O)(O)O)O3)c3nccc(N)c23)c1)C(=O)c1ccccc1C1=c2cc3c(cc2Oc2cc4c(cc21)CCCN4CCCS(=O)(=O)O)=[N+](CCCS(=O)(=O)O)CCC3. The van der Waals surface area contributed by atoms with Crippen molar-refractivity contribution >= 4 is 123 Å². The summed E-state index contributed by atoms with van der Waals surface area (Å²) in [5, 5.41) is 14.3. The Morgan fingerprint density at radius 1 is 0.829 bits per heavy atom. The number of nitrogen functional groups attached to an aromatic ring is 1. The quantitative estimate of drug-likeness (QED) is 0.00201. The molecule has 4 aromatic carbocycles. The van der Waals surface area contributed by atoms with E-state index in [1.54, 1.807) is 57.8 Å². The monoisotopic (exact) mass is 1840 g/mol. The number of aromatic nitrogens is 2. The number of benzene rings is 4. The number of phosphoric acid groups is 3. The van der Waals surface area contributed by atoms with Crippen molar-refractivity contribution in [1.29, 1.82) is 0 Å². The molecule has 0 saturated carbocycles. The normalized spacial score (nSPS) is 16.8. The summed E-state index contributed by atoms with van der Waals surface area (Å²) >= 11 is 0. The highest BCUT2D eigenvalue weighted by Crippen LogP contribution is 2.66. The summed E-state index contributed by atoms with van der Waals surface area (Å²) in [7, 11) is -20.5. The van der Waals surface area contributed by atoms with Crippen LogP contribution in [0.25, 0.3) is 37.5 Å². The molecule has 3 amide bonds. The summed E-state index contributed by atoms with van der Waals surface area (Å²) in [6.45, 7) is 0.169. The number of carbonyl (C=O) groups is 5. The van der Waals surface area contributed by atoms with E-state index in [1.165, 1.54) is 29.1 Å². The Morgan fingerprint density at radius 2 is 1.59 bits per heavy atom. The van der Waals surface area contributed by atoms with Gasteiger partial charge in [0.2, 0.25) is 11.3 Å². The molecule has 6 aromatic rings. The van der Waals surface area contributed by atoms with E-state index in [0.29, 0.717) is 110 Å². The number of nitrogens with one attached hydrogen (secondary N) is 2. The van der Waals surface area contributed by atoms with Crippen molar-refractivity contribution in [3.63, 3.8) is 0 Å². The maximum absolute atomic E-state index is 14.7. The van der Waals surface area contributed by atoms with E-state index in [1.807, 2.05) is 30.3 Å². The van der Waals surface area contributed by atoms with Crippen molar-refractivity contribution in [3.05, 3.63) is 162 Å². The van der Waals surface area contributed by atoms with Crippen molar-refractivity contribution in [3.8, 4) is 29.1 Å². The van der Waals surface area contributed by atoms with Gasteiger partial charge in [0, 0.05) is 162 Å². The topological polar surface area (TPSA) is 584 Å². The van der Waals surface area contributed by atoms with Gasteiger partial charge in [0.1, 0.15) is 79.8 Å². The summed E-state index contributed by atoms with van der Waals surface area (Å²) in [4.78, 5) is 117. The Labute approximate surface area is 714 Å². The van der Waals surface area contributed by atoms with Crippen LogP contribution in [-0.2, 0) is 93.2 Å². The molecular weight excluding hydrogens is 1750 g/mol. The highest BCUT2D eigenvalue weighted by molar-refractivity contribution is 8.76. The number of azide groups is 2. The van der Waals surface area contributed by atoms with E-state index in [0.717, 1.165) is 64.2 Å². The average molecular weight is 1840 g/mol. The van der Waals surface area contributed by atoms with Crippen LogP contribution in [-0.4, -0.2) is 223 Å². The molecule has 48 heteroatoms. The van der Waals surface area contributed by atoms with Crippen LogP contribution in [0.1, 0.15) is 132 Å². The number of aryl methyl sites for hydroxylation is 2. The second-order valence-electron chi connectivity index (χ2n) is 28.6. The first-order valence-corrected chi connectivity index (χ1v) is 49.1. The standard InChI is InChI=1S/C75H93N14O27P3S4/c1-86(75(94)58-22-3-2-21-57(58)72-59-40-50-15-7-29-87(31-11-37-122(102,103)104)62(50)42-64(59)113-65-43-63-51(41-60(65)72)16-8-30-88(63)32-12-38-123(105,106)107)28-9-18-54(90)19-10-35-120-121-36-24-55(91)17-6-26-81-74(93)52-13-4-20-56(39-52)110-48-69(83-85-78)109-34-33-108-47-68(92)79-25-5-14-53-45-89(73-71(53)61(76)23-27-80-73)70-44-66(111-49-82-84-77)67(114-70)46-112-118(98,99)116-119(100,101)115-117(95,96)97/h2-4,13,20-23,27,39-43,45,66-67,69-70H,6-12,15-19,24-26,28-38,44,46-49H2,1H3,(H9-,76,79,80,81,92,93,95,96,97,98,99,100,101,102,103,104,105,106,107)/p+1/t66-,67-,69?,70-/m1/s1. The lowest BCUT2D eigenvalue weighted by Gasteiger charge is -2.33. The van der Waals surface area contributed by atoms with Crippen LogP contribution in [0.2, 0.25) is 0 Å². The molecule has 41 nitrogen and oxygen atoms in total. The maximum atomic E-state index is 14.7. The molecule has 3 unspecified atom stereocenters. The third kappa shape index (κ3) is 29.6. The Morgan fingerprint density at radius 3 is 2.37 bits per heavy atom. The Kier molecular flexibility index (Phi) is 35.5. The lowest BCUT2D eigenvalue weighted by Crippen LogP contribution is -2.40. The van der Waals surface area contributed by atoms with Crippen molar-refractivity contribution in [2.75, 3.05) is 126 Å². The van der Waals surface area contributed by atoms with Gasteiger partial charge in [-0.1, -0.05) is 67.9 Å². The number of ketones is 2. The first kappa shape index (κ1) is 96.4. The molecule has 0 radical (unpaired) electrons. The number of nitrogens with two attached hydrogens (primary N) is 1. The number of nitrogens with zero attached hydrogens (tertiary/aromatic N) is 11. The number of Topliss-reactive ketones (excluding diaryl/α,β-unsaturated/α-hetero) is 2. The fraction of sp³-hybridized carbons (Fsp3) is 0.480. The molecule has 0 bridgehead atoms. The third-order valence-electron chi connectivity index (χ3n) is 19.6. The predicted octanol–water partition coefficient (Wildman–Crippen LogP) is 7.97. The Bertz CT molecular complexity index is 5570. The molecule has 10 rings (SSSR count). The zero-order valence-corrected chi connectivity index (χ0v) is 72.6. The van der Waals surface area contributed by atoms with Gasteiger partial charge in [0.05, 0.1) is 61.0 Å². The number of rotatable bonds is 49. The first-order valence-electron chi connectivity index (χ1n) is 38.9. The molecule has 6 heterocycles. The minimum atomic E-state index is -5.83. The van der Waals surface area contributed by atoms with E-state index in [9.17, 15) is 78.9 Å². The summed E-state index contributed by atoms with van der Waals surface area (Å²) in [6, 6.07) is 23.3. The summed E-state index contributed by atoms with van der Waals surface area (Å²) in [5.74, 6) is 6.49. The molecule has 0 spiro atoms. The number of hydrogen-bond acceptors (Lipinski definition) is 28. The second kappa shape index (κ2) is 45.3. The van der Waals surface area contributed by atoms with Gasteiger partial charge < -0.3 is 78.7 Å². The highest BCUT2D eigenvalue weighted by Gasteiger charge is 2.44. The molecule has 123 heavy (non-hydrogen) atoms.